The summed E-state index contributed by atoms with van der Waals surface area (Å²) in [7, 11) is 1.59. The van der Waals surface area contributed by atoms with Gasteiger partial charge < -0.3 is 4.74 Å². The molecule has 1 aromatic heterocycles. The molecule has 0 fully saturated rings. The van der Waals surface area contributed by atoms with E-state index in [0.717, 1.165) is 4.88 Å². The zero-order valence-electron chi connectivity index (χ0n) is 8.84. The molecule has 0 saturated heterocycles. The largest absolute Gasteiger partial charge is 0.497 e. The molecule has 82 valence electrons. The highest BCUT2D eigenvalue weighted by atomic mass is 32.1. The number of ether oxygens (including phenoxy) is 1. The number of nitrogens with zero attached hydrogens (tertiary/aromatic N) is 1. The summed E-state index contributed by atoms with van der Waals surface area (Å²) < 4.78 is 5.08. The lowest BCUT2D eigenvalue weighted by Crippen LogP contribution is -2.02. The molecule has 0 aliphatic rings. The quantitative estimate of drug-likeness (QED) is 0.762. The van der Waals surface area contributed by atoms with Crippen LogP contribution in [0.1, 0.15) is 15.2 Å². The number of methoxy groups -OCH3 is 1. The van der Waals surface area contributed by atoms with Crippen LogP contribution < -0.4 is 4.74 Å². The lowest BCUT2D eigenvalue weighted by atomic mass is 10.1. The minimum absolute atomic E-state index is 0.0863. The highest BCUT2D eigenvalue weighted by Gasteiger charge is 2.08. The fourth-order valence-corrected chi connectivity index (χ4v) is 1.98. The predicted molar refractivity (Wildman–Crippen MR) is 63.1 cm³/mol. The van der Waals surface area contributed by atoms with Crippen LogP contribution in [0, 0.1) is 0 Å². The second-order valence-corrected chi connectivity index (χ2v) is 4.27. The van der Waals surface area contributed by atoms with Gasteiger partial charge in [-0.2, -0.15) is 0 Å². The number of benzene rings is 1. The van der Waals surface area contributed by atoms with Gasteiger partial charge in [0.1, 0.15) is 5.75 Å². The summed E-state index contributed by atoms with van der Waals surface area (Å²) in [5.41, 5.74) is 2.40. The summed E-state index contributed by atoms with van der Waals surface area (Å²) in [6.07, 6.45) is 2.13. The second-order valence-electron chi connectivity index (χ2n) is 3.30. The van der Waals surface area contributed by atoms with E-state index >= 15 is 0 Å². The highest BCUT2D eigenvalue weighted by molar-refractivity contribution is 7.09. The summed E-state index contributed by atoms with van der Waals surface area (Å²) in [6.45, 7) is 0. The van der Waals surface area contributed by atoms with Crippen LogP contribution in [0.2, 0.25) is 0 Å². The molecule has 16 heavy (non-hydrogen) atoms. The van der Waals surface area contributed by atoms with Gasteiger partial charge in [-0.15, -0.1) is 11.3 Å². The molecule has 0 bridgehead atoms. The fraction of sp³-hybridized carbons (Fsp3) is 0.167. The molecule has 2 rings (SSSR count). The van der Waals surface area contributed by atoms with Crippen LogP contribution in [0.4, 0.5) is 0 Å². The normalized spacial score (nSPS) is 10.1. The van der Waals surface area contributed by atoms with Crippen molar-refractivity contribution in [3.63, 3.8) is 0 Å². The third kappa shape index (κ3) is 2.46. The van der Waals surface area contributed by atoms with Crippen molar-refractivity contribution in [1.82, 2.24) is 4.98 Å². The van der Waals surface area contributed by atoms with Crippen LogP contribution in [0.5, 0.6) is 5.75 Å². The van der Waals surface area contributed by atoms with E-state index in [1.165, 1.54) is 11.3 Å². The Balaban J connectivity index is 2.14. The zero-order chi connectivity index (χ0) is 11.4. The van der Waals surface area contributed by atoms with E-state index in [1.807, 2.05) is 12.1 Å². The Labute approximate surface area is 97.7 Å². The third-order valence-corrected chi connectivity index (χ3v) is 2.99. The number of carbonyl (C=O) groups is 1. The van der Waals surface area contributed by atoms with Gasteiger partial charge in [-0.05, 0) is 12.1 Å². The summed E-state index contributed by atoms with van der Waals surface area (Å²) in [4.78, 5) is 16.8. The SMILES string of the molecule is COc1cccc(C(=O)Cc2cncs2)c1. The Kier molecular flexibility index (Phi) is 3.31. The van der Waals surface area contributed by atoms with Crippen LogP contribution in [0.25, 0.3) is 0 Å². The molecule has 0 radical (unpaired) electrons. The Bertz CT molecular complexity index is 480. The summed E-state index contributed by atoms with van der Waals surface area (Å²) in [5.74, 6) is 0.790. The topological polar surface area (TPSA) is 39.2 Å². The van der Waals surface area contributed by atoms with E-state index in [-0.39, 0.29) is 5.78 Å². The number of carbonyl (C=O) groups excluding carboxylic acids is 1. The number of hydrogen-bond donors (Lipinski definition) is 0. The molecule has 0 aliphatic carbocycles. The molecule has 2 aromatic rings. The number of aromatic nitrogens is 1. The molecule has 0 N–H and O–H groups in total. The molecular formula is C12H11NO2S. The standard InChI is InChI=1S/C12H11NO2S/c1-15-10-4-2-3-9(5-10)12(14)6-11-7-13-8-16-11/h2-5,7-8H,6H2,1H3. The number of ketones is 1. The van der Waals surface area contributed by atoms with Gasteiger partial charge >= 0.3 is 0 Å². The molecule has 0 amide bonds. The first-order chi connectivity index (χ1) is 7.79. The van der Waals surface area contributed by atoms with Crippen molar-refractivity contribution in [3.05, 3.63) is 46.4 Å². The van der Waals surface area contributed by atoms with Crippen molar-refractivity contribution in [3.8, 4) is 5.75 Å². The molecule has 0 unspecified atom stereocenters. The van der Waals surface area contributed by atoms with E-state index < -0.39 is 0 Å². The number of rotatable bonds is 4. The Hall–Kier alpha value is -1.68. The average Bonchev–Trinajstić information content (AvgIpc) is 2.82. The van der Waals surface area contributed by atoms with Gasteiger partial charge in [0.2, 0.25) is 0 Å². The zero-order valence-corrected chi connectivity index (χ0v) is 9.66. The predicted octanol–water partition coefficient (Wildman–Crippen LogP) is 2.58. The average molecular weight is 233 g/mol. The van der Waals surface area contributed by atoms with Crippen molar-refractivity contribution in [2.24, 2.45) is 0 Å². The third-order valence-electron chi connectivity index (χ3n) is 2.21. The molecule has 1 heterocycles. The summed E-state index contributed by atoms with van der Waals surface area (Å²) >= 11 is 1.49. The maximum absolute atomic E-state index is 11.9. The molecule has 4 heteroatoms. The Morgan fingerprint density at radius 2 is 2.38 bits per heavy atom. The Morgan fingerprint density at radius 1 is 1.50 bits per heavy atom. The Morgan fingerprint density at radius 3 is 3.06 bits per heavy atom. The molecule has 0 aliphatic heterocycles. The fourth-order valence-electron chi connectivity index (χ4n) is 1.39. The maximum atomic E-state index is 11.9. The molecule has 3 nitrogen and oxygen atoms in total. The lowest BCUT2D eigenvalue weighted by Gasteiger charge is -2.02. The van der Waals surface area contributed by atoms with E-state index in [4.69, 9.17) is 4.74 Å². The number of thiazole rings is 1. The second kappa shape index (κ2) is 4.90. The summed E-state index contributed by atoms with van der Waals surface area (Å²) in [5, 5.41) is 0. The van der Waals surface area contributed by atoms with Crippen LogP contribution in [0.15, 0.2) is 36.0 Å². The first kappa shape index (κ1) is 10.8. The summed E-state index contributed by atoms with van der Waals surface area (Å²) in [6, 6.07) is 7.19. The smallest absolute Gasteiger partial charge is 0.168 e. The van der Waals surface area contributed by atoms with Crippen molar-refractivity contribution in [2.45, 2.75) is 6.42 Å². The minimum atomic E-state index is 0.0863. The van der Waals surface area contributed by atoms with Gasteiger partial charge in [-0.3, -0.25) is 9.78 Å². The van der Waals surface area contributed by atoms with Crippen LogP contribution in [-0.2, 0) is 6.42 Å². The number of hydrogen-bond acceptors (Lipinski definition) is 4. The molecule has 0 spiro atoms. The monoisotopic (exact) mass is 233 g/mol. The van der Waals surface area contributed by atoms with Gasteiger partial charge in [-0.1, -0.05) is 12.1 Å². The van der Waals surface area contributed by atoms with Crippen molar-refractivity contribution < 1.29 is 9.53 Å². The van der Waals surface area contributed by atoms with Gasteiger partial charge in [0.15, 0.2) is 5.78 Å². The maximum Gasteiger partial charge on any atom is 0.168 e. The van der Waals surface area contributed by atoms with Crippen molar-refractivity contribution >= 4 is 17.1 Å². The van der Waals surface area contributed by atoms with Crippen molar-refractivity contribution in [2.75, 3.05) is 7.11 Å². The van der Waals surface area contributed by atoms with E-state index in [1.54, 1.807) is 30.9 Å². The first-order valence-corrected chi connectivity index (χ1v) is 5.72. The van der Waals surface area contributed by atoms with Gasteiger partial charge in [0.05, 0.1) is 12.6 Å². The highest BCUT2D eigenvalue weighted by Crippen LogP contribution is 2.16. The van der Waals surface area contributed by atoms with Gasteiger partial charge in [-0.25, -0.2) is 0 Å². The first-order valence-electron chi connectivity index (χ1n) is 4.84. The molecule has 0 atom stereocenters. The van der Waals surface area contributed by atoms with E-state index in [2.05, 4.69) is 4.98 Å². The minimum Gasteiger partial charge on any atom is -0.497 e. The van der Waals surface area contributed by atoms with Crippen LogP contribution >= 0.6 is 11.3 Å². The van der Waals surface area contributed by atoms with Gasteiger partial charge in [0.25, 0.3) is 0 Å². The van der Waals surface area contributed by atoms with Gasteiger partial charge in [0, 0.05) is 23.1 Å². The molecule has 0 saturated carbocycles. The van der Waals surface area contributed by atoms with Crippen LogP contribution in [0.3, 0.4) is 0 Å². The van der Waals surface area contributed by atoms with E-state index in [0.29, 0.717) is 17.7 Å². The van der Waals surface area contributed by atoms with Crippen molar-refractivity contribution in [1.29, 1.82) is 0 Å². The number of Topliss-reactive ketones (excluding diaryl/α,β-unsaturated/α-hetero) is 1. The molecular weight excluding hydrogens is 222 g/mol. The molecule has 1 aromatic carbocycles. The van der Waals surface area contributed by atoms with E-state index in [9.17, 15) is 4.79 Å². The van der Waals surface area contributed by atoms with Crippen LogP contribution in [-0.4, -0.2) is 17.9 Å². The lowest BCUT2D eigenvalue weighted by molar-refractivity contribution is 0.0993.